The van der Waals surface area contributed by atoms with Crippen LogP contribution in [0.2, 0.25) is 5.02 Å². The van der Waals surface area contributed by atoms with E-state index in [1.165, 1.54) is 6.07 Å². The van der Waals surface area contributed by atoms with Crippen molar-refractivity contribution < 1.29 is 4.92 Å². The van der Waals surface area contributed by atoms with Gasteiger partial charge in [0.2, 0.25) is 0 Å². The van der Waals surface area contributed by atoms with E-state index in [-0.39, 0.29) is 11.1 Å². The molecule has 0 saturated heterocycles. The van der Waals surface area contributed by atoms with Gasteiger partial charge in [0.1, 0.15) is 0 Å². The summed E-state index contributed by atoms with van der Waals surface area (Å²) in [7, 11) is 0. The van der Waals surface area contributed by atoms with Gasteiger partial charge in [0.25, 0.3) is 5.69 Å². The SMILES string of the molecule is CC(CNCc1ccc(Cl)cc1[N+](=O)[O-])C(C)(C)C. The number of nitro benzene ring substituents is 1. The van der Waals surface area contributed by atoms with E-state index in [0.29, 0.717) is 23.0 Å². The molecule has 0 aliphatic carbocycles. The molecule has 1 unspecified atom stereocenters. The van der Waals surface area contributed by atoms with E-state index in [2.05, 4.69) is 33.0 Å². The average molecular weight is 285 g/mol. The summed E-state index contributed by atoms with van der Waals surface area (Å²) in [6, 6.07) is 4.78. The fourth-order valence-electron chi connectivity index (χ4n) is 1.59. The first-order valence-corrected chi connectivity index (χ1v) is 6.73. The lowest BCUT2D eigenvalue weighted by molar-refractivity contribution is -0.385. The third-order valence-corrected chi connectivity index (χ3v) is 3.72. The van der Waals surface area contributed by atoms with Gasteiger partial charge in [-0.25, -0.2) is 0 Å². The largest absolute Gasteiger partial charge is 0.312 e. The highest BCUT2D eigenvalue weighted by atomic mass is 35.5. The molecule has 0 aromatic heterocycles. The molecule has 0 bridgehead atoms. The molecule has 1 rings (SSSR count). The Bertz CT molecular complexity index is 455. The molecule has 1 aromatic carbocycles. The Kier molecular flexibility index (Phi) is 5.32. The number of hydrogen-bond acceptors (Lipinski definition) is 3. The smallest absolute Gasteiger partial charge is 0.275 e. The summed E-state index contributed by atoms with van der Waals surface area (Å²) in [5.41, 5.74) is 0.956. The summed E-state index contributed by atoms with van der Waals surface area (Å²) in [5.74, 6) is 0.485. The Labute approximate surface area is 119 Å². The van der Waals surface area contributed by atoms with Crippen LogP contribution >= 0.6 is 11.6 Å². The number of nitro groups is 1. The first kappa shape index (κ1) is 15.9. The van der Waals surface area contributed by atoms with Gasteiger partial charge in [-0.3, -0.25) is 10.1 Å². The first-order valence-electron chi connectivity index (χ1n) is 6.35. The second-order valence-electron chi connectivity index (χ2n) is 5.93. The van der Waals surface area contributed by atoms with Crippen LogP contribution in [0.1, 0.15) is 33.3 Å². The van der Waals surface area contributed by atoms with Crippen LogP contribution in [0.3, 0.4) is 0 Å². The summed E-state index contributed by atoms with van der Waals surface area (Å²) < 4.78 is 0. The molecular formula is C14H21ClN2O2. The molecule has 0 aliphatic heterocycles. The molecule has 0 aliphatic rings. The van der Waals surface area contributed by atoms with E-state index in [1.807, 2.05) is 0 Å². The molecule has 0 radical (unpaired) electrons. The molecular weight excluding hydrogens is 264 g/mol. The maximum atomic E-state index is 10.9. The van der Waals surface area contributed by atoms with Gasteiger partial charge >= 0.3 is 0 Å². The zero-order chi connectivity index (χ0) is 14.6. The Balaban J connectivity index is 2.66. The molecule has 1 N–H and O–H groups in total. The average Bonchev–Trinajstić information content (AvgIpc) is 2.29. The fourth-order valence-corrected chi connectivity index (χ4v) is 1.75. The van der Waals surface area contributed by atoms with Crippen LogP contribution in [-0.2, 0) is 6.54 Å². The summed E-state index contributed by atoms with van der Waals surface area (Å²) >= 11 is 5.78. The van der Waals surface area contributed by atoms with E-state index in [0.717, 1.165) is 6.54 Å². The summed E-state index contributed by atoms with van der Waals surface area (Å²) in [4.78, 5) is 10.6. The first-order chi connectivity index (χ1) is 8.71. The topological polar surface area (TPSA) is 55.2 Å². The van der Waals surface area contributed by atoms with Gasteiger partial charge in [-0.1, -0.05) is 39.3 Å². The van der Waals surface area contributed by atoms with Gasteiger partial charge in [0, 0.05) is 23.2 Å². The van der Waals surface area contributed by atoms with Crippen LogP contribution < -0.4 is 5.32 Å². The molecule has 0 fully saturated rings. The molecule has 106 valence electrons. The van der Waals surface area contributed by atoms with Crippen molar-refractivity contribution in [3.63, 3.8) is 0 Å². The van der Waals surface area contributed by atoms with Gasteiger partial charge in [-0.2, -0.15) is 0 Å². The predicted molar refractivity (Wildman–Crippen MR) is 78.4 cm³/mol. The van der Waals surface area contributed by atoms with Crippen molar-refractivity contribution in [2.24, 2.45) is 11.3 Å². The second kappa shape index (κ2) is 6.35. The highest BCUT2D eigenvalue weighted by molar-refractivity contribution is 6.30. The lowest BCUT2D eigenvalue weighted by Gasteiger charge is -2.27. The Morgan fingerprint density at radius 2 is 2.05 bits per heavy atom. The molecule has 0 heterocycles. The lowest BCUT2D eigenvalue weighted by Crippen LogP contribution is -2.29. The van der Waals surface area contributed by atoms with Crippen molar-refractivity contribution in [1.29, 1.82) is 0 Å². The minimum absolute atomic E-state index is 0.0726. The van der Waals surface area contributed by atoms with Crippen molar-refractivity contribution in [2.75, 3.05) is 6.54 Å². The summed E-state index contributed by atoms with van der Waals surface area (Å²) in [6.07, 6.45) is 0. The Morgan fingerprint density at radius 3 is 2.58 bits per heavy atom. The molecule has 0 amide bonds. The maximum Gasteiger partial charge on any atom is 0.275 e. The van der Waals surface area contributed by atoms with Crippen molar-refractivity contribution in [3.05, 3.63) is 38.9 Å². The highest BCUT2D eigenvalue weighted by Crippen LogP contribution is 2.25. The van der Waals surface area contributed by atoms with Crippen LogP contribution in [-0.4, -0.2) is 11.5 Å². The fraction of sp³-hybridized carbons (Fsp3) is 0.571. The van der Waals surface area contributed by atoms with Gasteiger partial charge in [0.05, 0.1) is 4.92 Å². The predicted octanol–water partition coefficient (Wildman–Crippen LogP) is 4.02. The van der Waals surface area contributed by atoms with Crippen molar-refractivity contribution in [2.45, 2.75) is 34.2 Å². The second-order valence-corrected chi connectivity index (χ2v) is 6.36. The lowest BCUT2D eigenvalue weighted by atomic mass is 9.82. The summed E-state index contributed by atoms with van der Waals surface area (Å²) in [5, 5.41) is 14.6. The monoisotopic (exact) mass is 284 g/mol. The van der Waals surface area contributed by atoms with Crippen LogP contribution in [0.25, 0.3) is 0 Å². The molecule has 19 heavy (non-hydrogen) atoms. The van der Waals surface area contributed by atoms with E-state index >= 15 is 0 Å². The molecule has 5 heteroatoms. The molecule has 0 spiro atoms. The van der Waals surface area contributed by atoms with E-state index in [9.17, 15) is 10.1 Å². The van der Waals surface area contributed by atoms with Gasteiger partial charge in [-0.15, -0.1) is 0 Å². The molecule has 1 atom stereocenters. The van der Waals surface area contributed by atoms with E-state index in [1.54, 1.807) is 12.1 Å². The maximum absolute atomic E-state index is 10.9. The van der Waals surface area contributed by atoms with Gasteiger partial charge < -0.3 is 5.32 Å². The zero-order valence-electron chi connectivity index (χ0n) is 11.9. The molecule has 4 nitrogen and oxygen atoms in total. The zero-order valence-corrected chi connectivity index (χ0v) is 12.6. The standard InChI is InChI=1S/C14H21ClN2O2/c1-10(14(2,3)4)8-16-9-11-5-6-12(15)7-13(11)17(18)19/h5-7,10,16H,8-9H2,1-4H3. The molecule has 0 saturated carbocycles. The van der Waals surface area contributed by atoms with Crippen LogP contribution in [0.5, 0.6) is 0 Å². The number of benzene rings is 1. The molecule has 1 aromatic rings. The minimum Gasteiger partial charge on any atom is -0.312 e. The van der Waals surface area contributed by atoms with E-state index < -0.39 is 4.92 Å². The van der Waals surface area contributed by atoms with Crippen molar-refractivity contribution >= 4 is 17.3 Å². The van der Waals surface area contributed by atoms with Crippen molar-refractivity contribution in [3.8, 4) is 0 Å². The van der Waals surface area contributed by atoms with Crippen molar-refractivity contribution in [1.82, 2.24) is 5.32 Å². The Morgan fingerprint density at radius 1 is 1.42 bits per heavy atom. The minimum atomic E-state index is -0.393. The number of halogens is 1. The highest BCUT2D eigenvalue weighted by Gasteiger charge is 2.20. The Hall–Kier alpha value is -1.13. The van der Waals surface area contributed by atoms with E-state index in [4.69, 9.17) is 11.6 Å². The van der Waals surface area contributed by atoms with Gasteiger partial charge in [-0.05, 0) is 30.0 Å². The normalized spacial score (nSPS) is 13.3. The quantitative estimate of drug-likeness (QED) is 0.656. The third-order valence-electron chi connectivity index (χ3n) is 3.49. The number of nitrogens with one attached hydrogen (secondary N) is 1. The van der Waals surface area contributed by atoms with Crippen LogP contribution in [0, 0.1) is 21.4 Å². The van der Waals surface area contributed by atoms with Crippen LogP contribution in [0.15, 0.2) is 18.2 Å². The van der Waals surface area contributed by atoms with Gasteiger partial charge in [0.15, 0.2) is 0 Å². The number of hydrogen-bond donors (Lipinski definition) is 1. The number of rotatable bonds is 5. The number of nitrogens with zero attached hydrogens (tertiary/aromatic N) is 1. The summed E-state index contributed by atoms with van der Waals surface area (Å²) in [6.45, 7) is 10.0. The van der Waals surface area contributed by atoms with Crippen LogP contribution in [0.4, 0.5) is 5.69 Å². The third kappa shape index (κ3) is 4.80.